The number of aliphatic hydroxyl groups is 1. The smallest absolute Gasteiger partial charge is 0.0620 e. The molecule has 0 radical (unpaired) electrons. The molecule has 3 N–H and O–H groups in total. The average molecular weight is 166 g/mol. The number of nitrogens with two attached hydrogens (primary N) is 1. The third kappa shape index (κ3) is 2.11. The molecule has 1 aliphatic rings. The molecule has 0 aromatic rings. The summed E-state index contributed by atoms with van der Waals surface area (Å²) < 4.78 is 0. The third-order valence-corrected chi connectivity index (χ3v) is 2.17. The zero-order chi connectivity index (χ0) is 7.07. The zero-order valence-corrected chi connectivity index (χ0v) is 7.32. The molecule has 10 heavy (non-hydrogen) atoms. The molecule has 2 nitrogen and oxygen atoms in total. The van der Waals surface area contributed by atoms with Gasteiger partial charge < -0.3 is 10.8 Å². The lowest BCUT2D eigenvalue weighted by molar-refractivity contribution is -0.0259. The maximum absolute atomic E-state index is 9.40. The summed E-state index contributed by atoms with van der Waals surface area (Å²) in [5, 5.41) is 9.40. The predicted octanol–water partition coefficient (Wildman–Crippen LogP) is 0.916. The maximum atomic E-state index is 9.40. The lowest BCUT2D eigenvalue weighted by Crippen LogP contribution is -2.46. The van der Waals surface area contributed by atoms with Crippen LogP contribution < -0.4 is 5.73 Å². The van der Waals surface area contributed by atoms with E-state index in [9.17, 15) is 5.11 Å². The van der Waals surface area contributed by atoms with E-state index in [1.165, 1.54) is 0 Å². The molecule has 0 heterocycles. The van der Waals surface area contributed by atoms with Crippen molar-refractivity contribution in [2.45, 2.75) is 38.3 Å². The first-order valence-electron chi connectivity index (χ1n) is 3.48. The van der Waals surface area contributed by atoms with Crippen LogP contribution in [0.1, 0.15) is 26.7 Å². The quantitative estimate of drug-likeness (QED) is 0.607. The van der Waals surface area contributed by atoms with E-state index in [2.05, 4.69) is 0 Å². The summed E-state index contributed by atoms with van der Waals surface area (Å²) >= 11 is 0. The molecule has 62 valence electrons. The van der Waals surface area contributed by atoms with Gasteiger partial charge in [0.15, 0.2) is 0 Å². The van der Waals surface area contributed by atoms with Crippen LogP contribution >= 0.6 is 12.4 Å². The molecular weight excluding hydrogens is 150 g/mol. The van der Waals surface area contributed by atoms with E-state index in [0.29, 0.717) is 12.0 Å². The molecule has 0 saturated heterocycles. The molecule has 1 rings (SSSR count). The Kier molecular flexibility index (Phi) is 3.14. The maximum Gasteiger partial charge on any atom is 0.0620 e. The zero-order valence-electron chi connectivity index (χ0n) is 6.50. The lowest BCUT2D eigenvalue weighted by atomic mass is 9.72. The highest BCUT2D eigenvalue weighted by atomic mass is 35.5. The van der Waals surface area contributed by atoms with Gasteiger partial charge in [0.25, 0.3) is 0 Å². The van der Waals surface area contributed by atoms with Gasteiger partial charge in [0.1, 0.15) is 0 Å². The topological polar surface area (TPSA) is 46.2 Å². The van der Waals surface area contributed by atoms with Crippen LogP contribution in [0, 0.1) is 5.92 Å². The van der Waals surface area contributed by atoms with Crippen molar-refractivity contribution in [3.8, 4) is 0 Å². The predicted molar refractivity (Wildman–Crippen MR) is 44.2 cm³/mol. The second-order valence-corrected chi connectivity index (χ2v) is 3.58. The van der Waals surface area contributed by atoms with Crippen molar-refractivity contribution in [1.29, 1.82) is 0 Å². The highest BCUT2D eigenvalue weighted by molar-refractivity contribution is 5.85. The van der Waals surface area contributed by atoms with Crippen LogP contribution in [0.4, 0.5) is 0 Å². The highest BCUT2D eigenvalue weighted by Crippen LogP contribution is 2.34. The minimum atomic E-state index is -0.504. The second-order valence-electron chi connectivity index (χ2n) is 3.58. The van der Waals surface area contributed by atoms with Crippen molar-refractivity contribution < 1.29 is 5.11 Å². The summed E-state index contributed by atoms with van der Waals surface area (Å²) in [4.78, 5) is 0. The van der Waals surface area contributed by atoms with Gasteiger partial charge in [-0.15, -0.1) is 12.4 Å². The first kappa shape index (κ1) is 10.2. The van der Waals surface area contributed by atoms with Gasteiger partial charge in [-0.25, -0.2) is 0 Å². The molecule has 0 aliphatic heterocycles. The average Bonchev–Trinajstić information content (AvgIpc) is 1.55. The van der Waals surface area contributed by atoms with Crippen molar-refractivity contribution in [3.63, 3.8) is 0 Å². The molecule has 0 aromatic carbocycles. The monoisotopic (exact) mass is 165 g/mol. The minimum Gasteiger partial charge on any atom is -0.390 e. The van der Waals surface area contributed by atoms with Gasteiger partial charge in [-0.05, 0) is 32.6 Å². The Morgan fingerprint density at radius 1 is 1.40 bits per heavy atom. The summed E-state index contributed by atoms with van der Waals surface area (Å²) in [5.74, 6) is 0.437. The Morgan fingerprint density at radius 2 is 1.80 bits per heavy atom. The van der Waals surface area contributed by atoms with Crippen molar-refractivity contribution in [2.75, 3.05) is 0 Å². The van der Waals surface area contributed by atoms with E-state index in [4.69, 9.17) is 5.73 Å². The Hall–Kier alpha value is 0.210. The van der Waals surface area contributed by atoms with Crippen molar-refractivity contribution >= 4 is 12.4 Å². The lowest BCUT2D eigenvalue weighted by Gasteiger charge is -2.40. The van der Waals surface area contributed by atoms with E-state index >= 15 is 0 Å². The van der Waals surface area contributed by atoms with Gasteiger partial charge in [0.2, 0.25) is 0 Å². The Bertz CT molecular complexity index is 105. The van der Waals surface area contributed by atoms with Gasteiger partial charge in [0.05, 0.1) is 5.60 Å². The van der Waals surface area contributed by atoms with Gasteiger partial charge in [-0.3, -0.25) is 0 Å². The van der Waals surface area contributed by atoms with Gasteiger partial charge in [-0.2, -0.15) is 0 Å². The van der Waals surface area contributed by atoms with Crippen molar-refractivity contribution in [3.05, 3.63) is 0 Å². The van der Waals surface area contributed by atoms with E-state index in [0.717, 1.165) is 12.8 Å². The second kappa shape index (κ2) is 3.07. The van der Waals surface area contributed by atoms with E-state index < -0.39 is 5.60 Å². The fraction of sp³-hybridized carbons (Fsp3) is 1.00. The van der Waals surface area contributed by atoms with Crippen molar-refractivity contribution in [1.82, 2.24) is 0 Å². The first-order chi connectivity index (χ1) is 4.00. The van der Waals surface area contributed by atoms with Crippen LogP contribution in [0.5, 0.6) is 0 Å². The molecular formula is C7H16ClNO. The van der Waals surface area contributed by atoms with E-state index in [1.54, 1.807) is 0 Å². The SMILES string of the molecule is CC(C)(O)C1CC(N)C1.Cl. The molecule has 0 unspecified atom stereocenters. The van der Waals surface area contributed by atoms with Crippen LogP contribution in [0.25, 0.3) is 0 Å². The summed E-state index contributed by atoms with van der Waals surface area (Å²) in [6, 6.07) is 0.349. The molecule has 3 heteroatoms. The molecule has 1 saturated carbocycles. The molecule has 0 spiro atoms. The standard InChI is InChI=1S/C7H15NO.ClH/c1-7(2,9)5-3-6(8)4-5;/h5-6,9H,3-4,8H2,1-2H3;1H. The Morgan fingerprint density at radius 3 is 1.90 bits per heavy atom. The largest absolute Gasteiger partial charge is 0.390 e. The highest BCUT2D eigenvalue weighted by Gasteiger charge is 2.36. The first-order valence-corrected chi connectivity index (χ1v) is 3.48. The van der Waals surface area contributed by atoms with Crippen LogP contribution in [0.2, 0.25) is 0 Å². The summed E-state index contributed by atoms with van der Waals surface area (Å²) in [6.07, 6.45) is 1.98. The molecule has 0 aromatic heterocycles. The fourth-order valence-electron chi connectivity index (χ4n) is 1.24. The fourth-order valence-corrected chi connectivity index (χ4v) is 1.24. The van der Waals surface area contributed by atoms with Crippen LogP contribution in [0.15, 0.2) is 0 Å². The van der Waals surface area contributed by atoms with Crippen LogP contribution in [-0.4, -0.2) is 16.7 Å². The van der Waals surface area contributed by atoms with Gasteiger partial charge >= 0.3 is 0 Å². The van der Waals surface area contributed by atoms with Crippen LogP contribution in [0.3, 0.4) is 0 Å². The molecule has 1 aliphatic carbocycles. The normalized spacial score (nSPS) is 32.4. The Balaban J connectivity index is 0.000000810. The number of halogens is 1. The number of hydrogen-bond donors (Lipinski definition) is 2. The van der Waals surface area contributed by atoms with Gasteiger partial charge in [-0.1, -0.05) is 0 Å². The van der Waals surface area contributed by atoms with Gasteiger partial charge in [0, 0.05) is 6.04 Å². The molecule has 0 atom stereocenters. The number of rotatable bonds is 1. The third-order valence-electron chi connectivity index (χ3n) is 2.17. The number of hydrogen-bond acceptors (Lipinski definition) is 2. The van der Waals surface area contributed by atoms with Crippen molar-refractivity contribution in [2.24, 2.45) is 11.7 Å². The summed E-state index contributed by atoms with van der Waals surface area (Å²) in [5.41, 5.74) is 5.05. The minimum absolute atomic E-state index is 0. The molecule has 1 fully saturated rings. The van der Waals surface area contributed by atoms with E-state index in [-0.39, 0.29) is 12.4 Å². The summed E-state index contributed by atoms with van der Waals surface area (Å²) in [7, 11) is 0. The molecule has 0 amide bonds. The van der Waals surface area contributed by atoms with E-state index in [1.807, 2.05) is 13.8 Å². The Labute approximate surface area is 68.2 Å². The summed E-state index contributed by atoms with van der Waals surface area (Å²) in [6.45, 7) is 3.70. The van der Waals surface area contributed by atoms with Crippen LogP contribution in [-0.2, 0) is 0 Å². The molecule has 0 bridgehead atoms.